The van der Waals surface area contributed by atoms with Gasteiger partial charge in [0.1, 0.15) is 5.75 Å². The maximum Gasteiger partial charge on any atom is 0.123 e. The van der Waals surface area contributed by atoms with E-state index in [0.717, 1.165) is 18.7 Å². The van der Waals surface area contributed by atoms with Crippen molar-refractivity contribution in [2.75, 3.05) is 19.8 Å². The van der Waals surface area contributed by atoms with E-state index in [9.17, 15) is 5.11 Å². The number of aliphatic hydroxyl groups excluding tert-OH is 1. The standard InChI is InChI=1S/C17H29NO2/c1-6-18-17(5,12-19)9-10-20-16-11-14(4)7-8-15(16)13(2)3/h7-8,11,13,18-19H,6,9-10,12H2,1-5H3. The first-order valence-electron chi connectivity index (χ1n) is 7.51. The molecule has 0 aliphatic rings. The van der Waals surface area contributed by atoms with Gasteiger partial charge in [0.15, 0.2) is 0 Å². The van der Waals surface area contributed by atoms with Crippen LogP contribution in [0.3, 0.4) is 0 Å². The molecule has 1 atom stereocenters. The smallest absolute Gasteiger partial charge is 0.123 e. The number of nitrogens with one attached hydrogen (secondary N) is 1. The molecule has 0 amide bonds. The maximum atomic E-state index is 9.48. The fourth-order valence-corrected chi connectivity index (χ4v) is 2.28. The largest absolute Gasteiger partial charge is 0.493 e. The van der Waals surface area contributed by atoms with Crippen molar-refractivity contribution >= 4 is 0 Å². The Balaban J connectivity index is 2.68. The minimum absolute atomic E-state index is 0.120. The van der Waals surface area contributed by atoms with Crippen LogP contribution in [0.5, 0.6) is 5.75 Å². The van der Waals surface area contributed by atoms with Gasteiger partial charge in [-0.3, -0.25) is 0 Å². The van der Waals surface area contributed by atoms with Crippen molar-refractivity contribution in [2.24, 2.45) is 0 Å². The molecule has 0 saturated carbocycles. The van der Waals surface area contributed by atoms with Gasteiger partial charge in [-0.15, -0.1) is 0 Å². The van der Waals surface area contributed by atoms with Crippen LogP contribution in [0.15, 0.2) is 18.2 Å². The first-order valence-corrected chi connectivity index (χ1v) is 7.51. The molecule has 0 aliphatic carbocycles. The summed E-state index contributed by atoms with van der Waals surface area (Å²) in [6.45, 7) is 12.1. The number of hydrogen-bond donors (Lipinski definition) is 2. The average Bonchev–Trinajstić information content (AvgIpc) is 2.38. The Labute approximate surface area is 123 Å². The fraction of sp³-hybridized carbons (Fsp3) is 0.647. The number of likely N-dealkylation sites (N-methyl/N-ethyl adjacent to an activating group) is 1. The monoisotopic (exact) mass is 279 g/mol. The summed E-state index contributed by atoms with van der Waals surface area (Å²) in [5.41, 5.74) is 2.18. The zero-order valence-electron chi connectivity index (χ0n) is 13.5. The quantitative estimate of drug-likeness (QED) is 0.767. The summed E-state index contributed by atoms with van der Waals surface area (Å²) in [4.78, 5) is 0. The van der Waals surface area contributed by atoms with E-state index < -0.39 is 0 Å². The highest BCUT2D eigenvalue weighted by Gasteiger charge is 2.22. The van der Waals surface area contributed by atoms with Crippen LogP contribution < -0.4 is 10.1 Å². The number of hydrogen-bond acceptors (Lipinski definition) is 3. The van der Waals surface area contributed by atoms with E-state index in [1.54, 1.807) is 0 Å². The Morgan fingerprint density at radius 3 is 2.60 bits per heavy atom. The lowest BCUT2D eigenvalue weighted by Crippen LogP contribution is -2.46. The maximum absolute atomic E-state index is 9.48. The summed E-state index contributed by atoms with van der Waals surface area (Å²) < 4.78 is 5.97. The van der Waals surface area contributed by atoms with E-state index in [0.29, 0.717) is 12.5 Å². The van der Waals surface area contributed by atoms with Crippen molar-refractivity contribution in [1.82, 2.24) is 5.32 Å². The van der Waals surface area contributed by atoms with Crippen LogP contribution in [0.25, 0.3) is 0 Å². The third-order valence-electron chi connectivity index (χ3n) is 3.66. The second-order valence-corrected chi connectivity index (χ2v) is 6.04. The second kappa shape index (κ2) is 7.65. The summed E-state index contributed by atoms with van der Waals surface area (Å²) in [5, 5.41) is 12.8. The molecular formula is C17H29NO2. The SMILES string of the molecule is CCNC(C)(CO)CCOc1cc(C)ccc1C(C)C. The van der Waals surface area contributed by atoms with Crippen molar-refractivity contribution in [3.05, 3.63) is 29.3 Å². The van der Waals surface area contributed by atoms with E-state index in [-0.39, 0.29) is 12.1 Å². The van der Waals surface area contributed by atoms with Gasteiger partial charge in [0.05, 0.1) is 13.2 Å². The summed E-state index contributed by atoms with van der Waals surface area (Å²) in [7, 11) is 0. The molecule has 0 heterocycles. The lowest BCUT2D eigenvalue weighted by atomic mass is 9.99. The molecule has 3 nitrogen and oxygen atoms in total. The predicted molar refractivity (Wildman–Crippen MR) is 84.5 cm³/mol. The van der Waals surface area contributed by atoms with Crippen LogP contribution in [0.1, 0.15) is 51.2 Å². The van der Waals surface area contributed by atoms with Crippen molar-refractivity contribution in [1.29, 1.82) is 0 Å². The highest BCUT2D eigenvalue weighted by atomic mass is 16.5. The third kappa shape index (κ3) is 4.80. The van der Waals surface area contributed by atoms with Gasteiger partial charge in [0, 0.05) is 12.0 Å². The van der Waals surface area contributed by atoms with Crippen molar-refractivity contribution in [3.63, 3.8) is 0 Å². The normalized spacial score (nSPS) is 14.3. The molecule has 1 aromatic carbocycles. The minimum atomic E-state index is -0.267. The molecule has 0 fully saturated rings. The molecule has 114 valence electrons. The molecule has 0 spiro atoms. The number of rotatable bonds is 8. The first kappa shape index (κ1) is 17.0. The average molecular weight is 279 g/mol. The van der Waals surface area contributed by atoms with E-state index in [2.05, 4.69) is 44.3 Å². The molecule has 20 heavy (non-hydrogen) atoms. The molecule has 0 radical (unpaired) electrons. The van der Waals surface area contributed by atoms with Gasteiger partial charge in [-0.05, 0) is 43.5 Å². The van der Waals surface area contributed by atoms with E-state index in [4.69, 9.17) is 4.74 Å². The molecular weight excluding hydrogens is 250 g/mol. The highest BCUT2D eigenvalue weighted by molar-refractivity contribution is 5.39. The van der Waals surface area contributed by atoms with Crippen molar-refractivity contribution < 1.29 is 9.84 Å². The number of aliphatic hydroxyl groups is 1. The van der Waals surface area contributed by atoms with Gasteiger partial charge < -0.3 is 15.2 Å². The zero-order chi connectivity index (χ0) is 15.2. The Bertz CT molecular complexity index is 417. The van der Waals surface area contributed by atoms with Crippen LogP contribution in [0.2, 0.25) is 0 Å². The van der Waals surface area contributed by atoms with E-state index in [1.807, 2.05) is 13.8 Å². The zero-order valence-corrected chi connectivity index (χ0v) is 13.5. The van der Waals surface area contributed by atoms with Gasteiger partial charge >= 0.3 is 0 Å². The Morgan fingerprint density at radius 2 is 2.05 bits per heavy atom. The Kier molecular flexibility index (Phi) is 6.50. The van der Waals surface area contributed by atoms with Crippen LogP contribution in [-0.4, -0.2) is 30.4 Å². The van der Waals surface area contributed by atoms with Crippen molar-refractivity contribution in [2.45, 2.75) is 52.5 Å². The highest BCUT2D eigenvalue weighted by Crippen LogP contribution is 2.27. The molecule has 1 aromatic rings. The molecule has 0 aromatic heterocycles. The minimum Gasteiger partial charge on any atom is -0.493 e. The molecule has 0 aliphatic heterocycles. The van der Waals surface area contributed by atoms with Crippen LogP contribution in [-0.2, 0) is 0 Å². The predicted octanol–water partition coefficient (Wildman–Crippen LogP) is 3.25. The third-order valence-corrected chi connectivity index (χ3v) is 3.66. The van der Waals surface area contributed by atoms with Gasteiger partial charge in [0.2, 0.25) is 0 Å². The van der Waals surface area contributed by atoms with Crippen LogP contribution in [0.4, 0.5) is 0 Å². The first-order chi connectivity index (χ1) is 9.41. The van der Waals surface area contributed by atoms with Gasteiger partial charge in [-0.1, -0.05) is 32.9 Å². The molecule has 2 N–H and O–H groups in total. The van der Waals surface area contributed by atoms with E-state index in [1.165, 1.54) is 11.1 Å². The molecule has 0 saturated heterocycles. The van der Waals surface area contributed by atoms with Gasteiger partial charge in [0.25, 0.3) is 0 Å². The Morgan fingerprint density at radius 1 is 1.35 bits per heavy atom. The van der Waals surface area contributed by atoms with Crippen molar-refractivity contribution in [3.8, 4) is 5.75 Å². The molecule has 3 heteroatoms. The van der Waals surface area contributed by atoms with Gasteiger partial charge in [-0.25, -0.2) is 0 Å². The lowest BCUT2D eigenvalue weighted by Gasteiger charge is -2.28. The lowest BCUT2D eigenvalue weighted by molar-refractivity contribution is 0.145. The van der Waals surface area contributed by atoms with Gasteiger partial charge in [-0.2, -0.15) is 0 Å². The molecule has 1 unspecified atom stereocenters. The summed E-state index contributed by atoms with van der Waals surface area (Å²) in [6.07, 6.45) is 0.781. The molecule has 0 bridgehead atoms. The number of benzene rings is 1. The number of ether oxygens (including phenoxy) is 1. The Hall–Kier alpha value is -1.06. The fourth-order valence-electron chi connectivity index (χ4n) is 2.28. The number of aryl methyl sites for hydroxylation is 1. The molecule has 1 rings (SSSR count). The summed E-state index contributed by atoms with van der Waals surface area (Å²) >= 11 is 0. The summed E-state index contributed by atoms with van der Waals surface area (Å²) in [5.74, 6) is 1.42. The second-order valence-electron chi connectivity index (χ2n) is 6.04. The van der Waals surface area contributed by atoms with Crippen LogP contribution in [0, 0.1) is 6.92 Å². The van der Waals surface area contributed by atoms with E-state index >= 15 is 0 Å². The van der Waals surface area contributed by atoms with Crippen LogP contribution >= 0.6 is 0 Å². The summed E-state index contributed by atoms with van der Waals surface area (Å²) in [6, 6.07) is 6.36. The topological polar surface area (TPSA) is 41.5 Å².